The Kier molecular flexibility index (Phi) is 7.57. The molecule has 7 nitrogen and oxygen atoms in total. The molecule has 3 aromatic carbocycles. The van der Waals surface area contributed by atoms with E-state index in [1.54, 1.807) is 91.0 Å². The van der Waals surface area contributed by atoms with Gasteiger partial charge in [-0.1, -0.05) is 66.2 Å². The zero-order valence-corrected chi connectivity index (χ0v) is 18.7. The standard InChI is InChI=1S/C26H21ClO7/c27-23-22(34-26(30)19-14-8-3-9-15-19)21(33-25(29)18-12-6-2-7-13-18)20(16-31-23)32-24(28)17-10-4-1-5-11-17/h1-15,20-23H,16H2/t20-,21+,22-,23-/m1/s1. The van der Waals surface area contributed by atoms with Gasteiger partial charge in [0.05, 0.1) is 23.3 Å². The summed E-state index contributed by atoms with van der Waals surface area (Å²) in [7, 11) is 0. The van der Waals surface area contributed by atoms with Crippen LogP contribution in [-0.4, -0.2) is 48.4 Å². The van der Waals surface area contributed by atoms with E-state index in [4.69, 9.17) is 30.5 Å². The SMILES string of the molecule is O=C(O[C@@H]1[C@@H](OC(=O)c2ccccc2)[C@H](OC(=O)c2ccccc2)CO[C@H]1Cl)c1ccccc1. The monoisotopic (exact) mass is 480 g/mol. The minimum absolute atomic E-state index is 0.154. The Bertz CT molecular complexity index is 1120. The third-order valence-electron chi connectivity index (χ3n) is 5.14. The van der Waals surface area contributed by atoms with E-state index in [0.29, 0.717) is 5.56 Å². The Hall–Kier alpha value is -3.68. The molecule has 4 atom stereocenters. The molecule has 174 valence electrons. The highest BCUT2D eigenvalue weighted by Gasteiger charge is 2.47. The lowest BCUT2D eigenvalue weighted by molar-refractivity contribution is -0.169. The lowest BCUT2D eigenvalue weighted by atomic mass is 10.0. The molecule has 0 N–H and O–H groups in total. The number of rotatable bonds is 6. The Labute approximate surface area is 201 Å². The van der Waals surface area contributed by atoms with Crippen molar-refractivity contribution in [2.24, 2.45) is 0 Å². The summed E-state index contributed by atoms with van der Waals surface area (Å²) in [5.74, 6) is -2.01. The van der Waals surface area contributed by atoms with E-state index in [9.17, 15) is 14.4 Å². The van der Waals surface area contributed by atoms with Gasteiger partial charge in [0.1, 0.15) is 0 Å². The van der Waals surface area contributed by atoms with Crippen LogP contribution in [0.2, 0.25) is 0 Å². The van der Waals surface area contributed by atoms with Crippen molar-refractivity contribution in [3.8, 4) is 0 Å². The molecule has 0 spiro atoms. The quantitative estimate of drug-likeness (QED) is 0.296. The molecule has 1 saturated heterocycles. The first-order valence-corrected chi connectivity index (χ1v) is 11.0. The van der Waals surface area contributed by atoms with Crippen LogP contribution in [0.25, 0.3) is 0 Å². The summed E-state index contributed by atoms with van der Waals surface area (Å²) < 4.78 is 22.4. The number of ether oxygens (including phenoxy) is 4. The number of benzene rings is 3. The third kappa shape index (κ3) is 5.62. The zero-order valence-electron chi connectivity index (χ0n) is 17.9. The molecular formula is C26H21ClO7. The maximum atomic E-state index is 12.8. The van der Waals surface area contributed by atoms with Gasteiger partial charge in [-0.3, -0.25) is 0 Å². The van der Waals surface area contributed by atoms with Crippen LogP contribution in [0.5, 0.6) is 0 Å². The molecule has 1 heterocycles. The van der Waals surface area contributed by atoms with Gasteiger partial charge in [-0.15, -0.1) is 0 Å². The number of hydrogen-bond acceptors (Lipinski definition) is 7. The number of carbonyl (C=O) groups is 3. The van der Waals surface area contributed by atoms with Crippen molar-refractivity contribution in [1.82, 2.24) is 0 Å². The Morgan fingerprint density at radius 3 is 1.44 bits per heavy atom. The van der Waals surface area contributed by atoms with Crippen molar-refractivity contribution in [2.75, 3.05) is 6.61 Å². The van der Waals surface area contributed by atoms with Crippen molar-refractivity contribution in [3.05, 3.63) is 108 Å². The second-order valence-electron chi connectivity index (χ2n) is 7.47. The minimum atomic E-state index is -1.23. The molecule has 0 radical (unpaired) electrons. The first kappa shape index (κ1) is 23.5. The summed E-state index contributed by atoms with van der Waals surface area (Å²) in [6.07, 6.45) is -3.50. The average Bonchev–Trinajstić information content (AvgIpc) is 2.89. The van der Waals surface area contributed by atoms with Crippen LogP contribution < -0.4 is 0 Å². The van der Waals surface area contributed by atoms with E-state index in [1.807, 2.05) is 0 Å². The van der Waals surface area contributed by atoms with Gasteiger partial charge in [0, 0.05) is 0 Å². The van der Waals surface area contributed by atoms with Gasteiger partial charge in [-0.25, -0.2) is 14.4 Å². The van der Waals surface area contributed by atoms with Crippen LogP contribution in [0, 0.1) is 0 Å². The van der Waals surface area contributed by atoms with Crippen molar-refractivity contribution in [1.29, 1.82) is 0 Å². The second-order valence-corrected chi connectivity index (χ2v) is 7.90. The first-order valence-electron chi connectivity index (χ1n) is 10.6. The van der Waals surface area contributed by atoms with Gasteiger partial charge in [0.15, 0.2) is 23.9 Å². The normalized spacial score (nSPS) is 21.8. The van der Waals surface area contributed by atoms with Gasteiger partial charge in [0.25, 0.3) is 0 Å². The highest BCUT2D eigenvalue weighted by atomic mass is 35.5. The fourth-order valence-corrected chi connectivity index (χ4v) is 3.68. The highest BCUT2D eigenvalue weighted by molar-refractivity contribution is 6.20. The molecule has 0 unspecified atom stereocenters. The topological polar surface area (TPSA) is 88.1 Å². The minimum Gasteiger partial charge on any atom is -0.452 e. The van der Waals surface area contributed by atoms with Crippen LogP contribution in [0.4, 0.5) is 0 Å². The van der Waals surface area contributed by atoms with E-state index < -0.39 is 41.8 Å². The Morgan fingerprint density at radius 2 is 1.00 bits per heavy atom. The molecule has 8 heteroatoms. The number of esters is 3. The van der Waals surface area contributed by atoms with Crippen molar-refractivity contribution in [3.63, 3.8) is 0 Å². The van der Waals surface area contributed by atoms with Crippen LogP contribution in [0.3, 0.4) is 0 Å². The van der Waals surface area contributed by atoms with Crippen LogP contribution in [0.15, 0.2) is 91.0 Å². The zero-order chi connectivity index (χ0) is 23.9. The molecule has 0 amide bonds. The van der Waals surface area contributed by atoms with Crippen molar-refractivity contribution in [2.45, 2.75) is 23.9 Å². The summed E-state index contributed by atoms with van der Waals surface area (Å²) in [5, 5.41) is 0. The molecule has 0 aromatic heterocycles. The summed E-state index contributed by atoms with van der Waals surface area (Å²) in [6.45, 7) is -0.154. The Balaban J connectivity index is 1.59. The average molecular weight is 481 g/mol. The predicted octanol–water partition coefficient (Wildman–Crippen LogP) is 4.26. The molecule has 1 aliphatic heterocycles. The predicted molar refractivity (Wildman–Crippen MR) is 123 cm³/mol. The number of hydrogen-bond donors (Lipinski definition) is 0. The second kappa shape index (κ2) is 11.0. The molecule has 0 bridgehead atoms. The first-order chi connectivity index (χ1) is 16.5. The smallest absolute Gasteiger partial charge is 0.338 e. The lowest BCUT2D eigenvalue weighted by Gasteiger charge is -2.38. The van der Waals surface area contributed by atoms with Crippen LogP contribution >= 0.6 is 11.6 Å². The van der Waals surface area contributed by atoms with Crippen LogP contribution in [0.1, 0.15) is 31.1 Å². The molecule has 1 fully saturated rings. The Morgan fingerprint density at radius 1 is 0.618 bits per heavy atom. The molecule has 0 saturated carbocycles. The molecule has 3 aromatic rings. The number of alkyl halides is 1. The third-order valence-corrected chi connectivity index (χ3v) is 5.52. The van der Waals surface area contributed by atoms with E-state index >= 15 is 0 Å². The van der Waals surface area contributed by atoms with Gasteiger partial charge >= 0.3 is 17.9 Å². The lowest BCUT2D eigenvalue weighted by Crippen LogP contribution is -2.56. The van der Waals surface area contributed by atoms with E-state index in [-0.39, 0.29) is 17.7 Å². The van der Waals surface area contributed by atoms with Gasteiger partial charge < -0.3 is 18.9 Å². The number of carbonyl (C=O) groups excluding carboxylic acids is 3. The molecular weight excluding hydrogens is 460 g/mol. The van der Waals surface area contributed by atoms with Crippen LogP contribution in [-0.2, 0) is 18.9 Å². The molecule has 1 aliphatic rings. The van der Waals surface area contributed by atoms with E-state index in [0.717, 1.165) is 0 Å². The highest BCUT2D eigenvalue weighted by Crippen LogP contribution is 2.28. The molecule has 4 rings (SSSR count). The van der Waals surface area contributed by atoms with Crippen molar-refractivity contribution < 1.29 is 33.3 Å². The maximum absolute atomic E-state index is 12.8. The fourth-order valence-electron chi connectivity index (χ4n) is 3.41. The number of halogens is 1. The summed E-state index contributed by atoms with van der Waals surface area (Å²) >= 11 is 6.33. The van der Waals surface area contributed by atoms with Gasteiger partial charge in [-0.2, -0.15) is 0 Å². The maximum Gasteiger partial charge on any atom is 0.338 e. The van der Waals surface area contributed by atoms with Gasteiger partial charge in [-0.05, 0) is 36.4 Å². The van der Waals surface area contributed by atoms with E-state index in [2.05, 4.69) is 0 Å². The fraction of sp³-hybridized carbons (Fsp3) is 0.192. The van der Waals surface area contributed by atoms with E-state index in [1.165, 1.54) is 0 Å². The summed E-state index contributed by atoms with van der Waals surface area (Å²) in [5.41, 5.74) is -0.265. The largest absolute Gasteiger partial charge is 0.452 e. The van der Waals surface area contributed by atoms with Crippen molar-refractivity contribution >= 4 is 29.5 Å². The summed E-state index contributed by atoms with van der Waals surface area (Å²) in [6, 6.07) is 24.9. The molecule has 0 aliphatic carbocycles. The molecule has 34 heavy (non-hydrogen) atoms. The van der Waals surface area contributed by atoms with Gasteiger partial charge in [0.2, 0.25) is 0 Å². The summed E-state index contributed by atoms with van der Waals surface area (Å²) in [4.78, 5) is 38.2.